The molecule has 0 saturated carbocycles. The lowest BCUT2D eigenvalue weighted by Gasteiger charge is -2.16. The molecule has 0 amide bonds. The second-order valence-electron chi connectivity index (χ2n) is 2.73. The van der Waals surface area contributed by atoms with E-state index in [4.69, 9.17) is 0 Å². The predicted octanol–water partition coefficient (Wildman–Crippen LogP) is 8.11. The van der Waals surface area contributed by atoms with Gasteiger partial charge in [-0.05, 0) is 0 Å². The van der Waals surface area contributed by atoms with Crippen molar-refractivity contribution in [3.05, 3.63) is 0 Å². The van der Waals surface area contributed by atoms with Gasteiger partial charge >= 0.3 is 37.6 Å². The van der Waals surface area contributed by atoms with Crippen LogP contribution in [0.25, 0.3) is 0 Å². The zero-order chi connectivity index (χ0) is 16.0. The minimum absolute atomic E-state index is 1.27. The summed E-state index contributed by atoms with van der Waals surface area (Å²) in [6, 6.07) is 0. The molecule has 5 nitrogen and oxygen atoms in total. The minimum atomic E-state index is -6.70. The lowest BCUT2D eigenvalue weighted by atomic mass is 11.4. The Hall–Kier alpha value is 0.180. The number of nitrogens with zero attached hydrogens (tertiary/aromatic N) is 4. The molecule has 0 radical (unpaired) electrons. The van der Waals surface area contributed by atoms with Gasteiger partial charge in [-0.15, -0.1) is 56.4 Å². The van der Waals surface area contributed by atoms with Crippen LogP contribution in [0.1, 0.15) is 0 Å². The zero-order valence-corrected chi connectivity index (χ0v) is 11.8. The topological polar surface area (TPSA) is 58.7 Å². The maximum absolute atomic E-state index is 13.3. The van der Waals surface area contributed by atoms with Crippen LogP contribution in [0, 0.1) is 0 Å². The van der Waals surface area contributed by atoms with E-state index in [-0.39, 0.29) is 0 Å². The number of hydrogen-bond acceptors (Lipinski definition) is 5. The van der Waals surface area contributed by atoms with Crippen molar-refractivity contribution in [3.63, 3.8) is 0 Å². The van der Waals surface area contributed by atoms with Crippen molar-refractivity contribution in [1.29, 1.82) is 0 Å². The largest absolute Gasteiger partial charge is 0.530 e. The molecule has 1 atom stereocenters. The standard InChI is InChI=1S/CF10N4OP4/c2-1(3,4)16-20(11)14-18(7,8)12-17(5,6)13-19(9,10)15-20. The van der Waals surface area contributed by atoms with Gasteiger partial charge in [0, 0.05) is 0 Å². The van der Waals surface area contributed by atoms with Gasteiger partial charge in [-0.3, -0.25) is 0 Å². The maximum Gasteiger partial charge on any atom is 0.530 e. The maximum atomic E-state index is 13.3. The van der Waals surface area contributed by atoms with E-state index in [0.717, 1.165) is 0 Å². The molecule has 20 heavy (non-hydrogen) atoms. The second kappa shape index (κ2) is 5.12. The van der Waals surface area contributed by atoms with E-state index in [2.05, 4.69) is 4.52 Å². The van der Waals surface area contributed by atoms with Crippen LogP contribution in [0.2, 0.25) is 0 Å². The van der Waals surface area contributed by atoms with Crippen molar-refractivity contribution in [2.45, 2.75) is 6.36 Å². The molecule has 1 rings (SSSR count). The van der Waals surface area contributed by atoms with Crippen molar-refractivity contribution >= 4 is 31.2 Å². The van der Waals surface area contributed by atoms with E-state index < -0.39 is 37.6 Å². The molecule has 1 aliphatic heterocycles. The van der Waals surface area contributed by atoms with Gasteiger partial charge in [0.05, 0.1) is 0 Å². The van der Waals surface area contributed by atoms with Crippen LogP contribution in [-0.4, -0.2) is 6.36 Å². The van der Waals surface area contributed by atoms with Crippen molar-refractivity contribution in [1.82, 2.24) is 0 Å². The third kappa shape index (κ3) is 5.89. The highest BCUT2D eigenvalue weighted by Gasteiger charge is 2.46. The molecule has 0 aliphatic carbocycles. The van der Waals surface area contributed by atoms with Gasteiger partial charge in [0.15, 0.2) is 0 Å². The van der Waals surface area contributed by atoms with Crippen LogP contribution in [0.5, 0.6) is 0 Å². The van der Waals surface area contributed by atoms with E-state index in [1.54, 1.807) is 0 Å². The summed E-state index contributed by atoms with van der Waals surface area (Å²) in [7, 11) is -26.6. The average Bonchev–Trinajstić information content (AvgIpc) is 1.84. The summed E-state index contributed by atoms with van der Waals surface area (Å²) in [6.07, 6.45) is -5.98. The molecule has 1 heterocycles. The Morgan fingerprint density at radius 3 is 1.35 bits per heavy atom. The van der Waals surface area contributed by atoms with Crippen LogP contribution in [0.3, 0.4) is 0 Å². The molecule has 0 N–H and O–H groups in total. The highest BCUT2D eigenvalue weighted by molar-refractivity contribution is 7.77. The fraction of sp³-hybridized carbons (Fsp3) is 1.00. The molecule has 0 bridgehead atoms. The van der Waals surface area contributed by atoms with Crippen molar-refractivity contribution in [3.8, 4) is 0 Å². The van der Waals surface area contributed by atoms with Crippen LogP contribution in [0.15, 0.2) is 18.1 Å². The molecular formula is CF10N4OP4. The Labute approximate surface area is 104 Å². The highest BCUT2D eigenvalue weighted by Crippen LogP contribution is 2.82. The monoisotopic (exact) mass is 398 g/mol. The first-order chi connectivity index (χ1) is 8.54. The van der Waals surface area contributed by atoms with Crippen molar-refractivity contribution in [2.24, 2.45) is 18.1 Å². The zero-order valence-electron chi connectivity index (χ0n) is 8.27. The normalized spacial score (nSPS) is 31.7. The molecule has 0 aromatic heterocycles. The molecule has 0 saturated heterocycles. The van der Waals surface area contributed by atoms with E-state index in [1.165, 1.54) is 18.1 Å². The van der Waals surface area contributed by atoms with E-state index >= 15 is 0 Å². The second-order valence-corrected chi connectivity index (χ2v) is 9.46. The summed E-state index contributed by atoms with van der Waals surface area (Å²) < 4.78 is 133. The van der Waals surface area contributed by atoms with Crippen LogP contribution < -0.4 is 0 Å². The fourth-order valence-electron chi connectivity index (χ4n) is 0.764. The third-order valence-corrected chi connectivity index (χ3v) is 8.46. The van der Waals surface area contributed by atoms with Gasteiger partial charge < -0.3 is 0 Å². The molecule has 120 valence electrons. The Kier molecular flexibility index (Phi) is 4.67. The number of hydrogen-bond donors (Lipinski definition) is 0. The van der Waals surface area contributed by atoms with E-state index in [1.807, 2.05) is 0 Å². The SMILES string of the molecule is FC(F)(F)OP1(F)=NP(F)(F)=NP(F)(F)=NP(F)(F)=N1. The molecule has 0 aromatic rings. The van der Waals surface area contributed by atoms with Gasteiger partial charge in [-0.1, -0.05) is 0 Å². The molecule has 0 spiro atoms. The molecular weight excluding hydrogens is 398 g/mol. The van der Waals surface area contributed by atoms with Gasteiger partial charge in [0.2, 0.25) is 0 Å². The number of rotatable bonds is 1. The first-order valence-corrected chi connectivity index (χ1v) is 9.67. The Morgan fingerprint density at radius 2 is 0.950 bits per heavy atom. The van der Waals surface area contributed by atoms with E-state index in [0.29, 0.717) is 0 Å². The van der Waals surface area contributed by atoms with Gasteiger partial charge in [0.1, 0.15) is 0 Å². The van der Waals surface area contributed by atoms with E-state index in [9.17, 15) is 42.5 Å². The Bertz CT molecular complexity index is 612. The quantitative estimate of drug-likeness (QED) is 0.325. The van der Waals surface area contributed by atoms with Gasteiger partial charge in [0.25, 0.3) is 0 Å². The minimum Gasteiger partial charge on any atom is -0.207 e. The first-order valence-electron chi connectivity index (χ1n) is 3.74. The van der Waals surface area contributed by atoms with Crippen LogP contribution in [-0.2, 0) is 4.52 Å². The third-order valence-electron chi connectivity index (χ3n) is 1.09. The Balaban J connectivity index is 3.64. The summed E-state index contributed by atoms with van der Waals surface area (Å²) in [4.78, 5) is 0. The lowest BCUT2D eigenvalue weighted by molar-refractivity contribution is -0.274. The Morgan fingerprint density at radius 1 is 0.600 bits per heavy atom. The summed E-state index contributed by atoms with van der Waals surface area (Å²) >= 11 is 0. The average molecular weight is 398 g/mol. The number of halogens is 10. The van der Waals surface area contributed by atoms with Crippen LogP contribution in [0.4, 0.5) is 42.5 Å². The first kappa shape index (κ1) is 18.2. The summed E-state index contributed by atoms with van der Waals surface area (Å²) in [5, 5.41) is 0. The predicted molar refractivity (Wildman–Crippen MR) is 52.3 cm³/mol. The van der Waals surface area contributed by atoms with Gasteiger partial charge in [-0.2, -0.15) is 4.20 Å². The summed E-state index contributed by atoms with van der Waals surface area (Å²) in [5.74, 6) is 0. The van der Waals surface area contributed by atoms with Crippen LogP contribution >= 0.6 is 31.2 Å². The molecule has 1 aliphatic rings. The fourth-order valence-corrected chi connectivity index (χ4v) is 7.38. The molecule has 19 heteroatoms. The molecule has 1 unspecified atom stereocenters. The van der Waals surface area contributed by atoms with Crippen molar-refractivity contribution < 1.29 is 47.1 Å². The summed E-state index contributed by atoms with van der Waals surface area (Å²) in [6.45, 7) is 0. The van der Waals surface area contributed by atoms with Gasteiger partial charge in [-0.25, -0.2) is 4.52 Å². The summed E-state index contributed by atoms with van der Waals surface area (Å²) in [5.41, 5.74) is 0. The number of alkyl halides is 3. The van der Waals surface area contributed by atoms with Crippen molar-refractivity contribution in [2.75, 3.05) is 0 Å². The molecule has 0 fully saturated rings. The smallest absolute Gasteiger partial charge is 0.207 e. The molecule has 0 aromatic carbocycles. The highest BCUT2D eigenvalue weighted by atomic mass is 31.3. The lowest BCUT2D eigenvalue weighted by Crippen LogP contribution is -2.09.